The molecule has 2 amide bonds. The molecule has 0 saturated carbocycles. The molecule has 0 spiro atoms. The molecule has 1 aromatic heterocycles. The maximum absolute atomic E-state index is 13.9. The van der Waals surface area contributed by atoms with Gasteiger partial charge in [0.1, 0.15) is 23.0 Å². The molecular weight excluding hydrogens is 370 g/mol. The minimum atomic E-state index is -0.872. The van der Waals surface area contributed by atoms with Crippen LogP contribution < -0.4 is 5.32 Å². The van der Waals surface area contributed by atoms with Crippen LogP contribution in [0.1, 0.15) is 39.6 Å². The van der Waals surface area contributed by atoms with Crippen molar-refractivity contribution in [3.05, 3.63) is 47.0 Å². The molecule has 1 saturated heterocycles. The first kappa shape index (κ1) is 18.5. The van der Waals surface area contributed by atoms with Gasteiger partial charge in [-0.1, -0.05) is 6.07 Å². The maximum Gasteiger partial charge on any atom is 0.291 e. The summed E-state index contributed by atoms with van der Waals surface area (Å²) in [7, 11) is 0. The van der Waals surface area contributed by atoms with E-state index in [4.69, 9.17) is 4.74 Å². The van der Waals surface area contributed by atoms with Gasteiger partial charge in [-0.05, 0) is 31.4 Å². The number of hydrogen-bond acceptors (Lipinski definition) is 4. The first-order chi connectivity index (χ1) is 13.6. The van der Waals surface area contributed by atoms with Gasteiger partial charge in [-0.25, -0.2) is 13.8 Å². The van der Waals surface area contributed by atoms with Crippen molar-refractivity contribution in [1.82, 2.24) is 14.5 Å². The Morgan fingerprint density at radius 3 is 2.50 bits per heavy atom. The lowest BCUT2D eigenvalue weighted by atomic mass is 10.1. The molecule has 0 atom stereocenters. The Balaban J connectivity index is 1.66. The molecule has 2 aliphatic rings. The third-order valence-electron chi connectivity index (χ3n) is 5.02. The van der Waals surface area contributed by atoms with Gasteiger partial charge < -0.3 is 19.5 Å². The zero-order chi connectivity index (χ0) is 19.7. The highest BCUT2D eigenvalue weighted by molar-refractivity contribution is 6.03. The summed E-state index contributed by atoms with van der Waals surface area (Å²) in [6, 6.07) is 3.34. The van der Waals surface area contributed by atoms with Crippen LogP contribution in [-0.4, -0.2) is 52.6 Å². The van der Waals surface area contributed by atoms with Crippen LogP contribution in [0.5, 0.6) is 0 Å². The van der Waals surface area contributed by atoms with Crippen molar-refractivity contribution in [3.63, 3.8) is 0 Å². The van der Waals surface area contributed by atoms with Gasteiger partial charge in [0.25, 0.3) is 11.8 Å². The molecule has 4 rings (SSSR count). The molecule has 28 heavy (non-hydrogen) atoms. The fourth-order valence-electron chi connectivity index (χ4n) is 3.59. The minimum absolute atomic E-state index is 0.00559. The Morgan fingerprint density at radius 2 is 1.79 bits per heavy atom. The summed E-state index contributed by atoms with van der Waals surface area (Å²) in [4.78, 5) is 31.6. The summed E-state index contributed by atoms with van der Waals surface area (Å²) < 4.78 is 34.7. The van der Waals surface area contributed by atoms with Crippen LogP contribution in [0.15, 0.2) is 18.2 Å². The quantitative estimate of drug-likeness (QED) is 0.872. The summed E-state index contributed by atoms with van der Waals surface area (Å²) in [6.45, 7) is 2.38. The third kappa shape index (κ3) is 3.37. The number of para-hydroxylation sites is 1. The second-order valence-corrected chi connectivity index (χ2v) is 6.79. The van der Waals surface area contributed by atoms with E-state index in [0.717, 1.165) is 25.0 Å². The number of ether oxygens (including phenoxy) is 1. The van der Waals surface area contributed by atoms with E-state index in [1.165, 1.54) is 6.07 Å². The lowest BCUT2D eigenvalue weighted by Gasteiger charge is -2.26. The van der Waals surface area contributed by atoms with Crippen LogP contribution in [0.25, 0.3) is 0 Å². The van der Waals surface area contributed by atoms with Crippen LogP contribution in [0.2, 0.25) is 0 Å². The summed E-state index contributed by atoms with van der Waals surface area (Å²) in [5.74, 6) is -2.74. The summed E-state index contributed by atoms with van der Waals surface area (Å²) in [5.41, 5.74) is 0.407. The van der Waals surface area contributed by atoms with Crippen molar-refractivity contribution < 1.29 is 23.1 Å². The highest BCUT2D eigenvalue weighted by atomic mass is 19.1. The number of nitrogens with zero attached hydrogens (tertiary/aromatic N) is 3. The number of morpholine rings is 1. The first-order valence-corrected chi connectivity index (χ1v) is 9.28. The number of imidazole rings is 1. The molecule has 1 N–H and O–H groups in total. The van der Waals surface area contributed by atoms with Gasteiger partial charge in [-0.15, -0.1) is 0 Å². The van der Waals surface area contributed by atoms with E-state index in [2.05, 4.69) is 10.3 Å². The molecule has 2 aromatic rings. The third-order valence-corrected chi connectivity index (χ3v) is 5.02. The second kappa shape index (κ2) is 7.67. The highest BCUT2D eigenvalue weighted by Gasteiger charge is 2.31. The Labute approximate surface area is 160 Å². The first-order valence-electron chi connectivity index (χ1n) is 9.28. The van der Waals surface area contributed by atoms with Gasteiger partial charge in [0.2, 0.25) is 0 Å². The fourth-order valence-corrected chi connectivity index (χ4v) is 3.59. The predicted molar refractivity (Wildman–Crippen MR) is 96.2 cm³/mol. The van der Waals surface area contributed by atoms with Crippen molar-refractivity contribution in [3.8, 4) is 0 Å². The molecule has 1 aromatic carbocycles. The number of carbonyl (C=O) groups excluding carboxylic acids is 2. The van der Waals surface area contributed by atoms with E-state index in [-0.39, 0.29) is 17.4 Å². The van der Waals surface area contributed by atoms with Crippen LogP contribution in [-0.2, 0) is 17.7 Å². The average Bonchev–Trinajstić information content (AvgIpc) is 3.11. The monoisotopic (exact) mass is 390 g/mol. The number of carbonyl (C=O) groups is 2. The number of nitrogens with one attached hydrogen (secondary N) is 1. The minimum Gasteiger partial charge on any atom is -0.378 e. The smallest absolute Gasteiger partial charge is 0.291 e. The topological polar surface area (TPSA) is 76.5 Å². The molecule has 7 nitrogen and oxygen atoms in total. The Kier molecular flexibility index (Phi) is 5.08. The summed E-state index contributed by atoms with van der Waals surface area (Å²) >= 11 is 0. The van der Waals surface area contributed by atoms with Gasteiger partial charge in [-0.2, -0.15) is 0 Å². The highest BCUT2D eigenvalue weighted by Crippen LogP contribution is 2.24. The van der Waals surface area contributed by atoms with E-state index >= 15 is 0 Å². The number of hydrogen-bond donors (Lipinski definition) is 1. The number of anilines is 1. The fraction of sp³-hybridized carbons (Fsp3) is 0.421. The molecule has 3 heterocycles. The van der Waals surface area contributed by atoms with Crippen LogP contribution in [0.3, 0.4) is 0 Å². The average molecular weight is 390 g/mol. The molecular formula is C19H20F2N4O3. The van der Waals surface area contributed by atoms with Gasteiger partial charge in [0.15, 0.2) is 5.82 Å². The van der Waals surface area contributed by atoms with Crippen molar-refractivity contribution in [1.29, 1.82) is 0 Å². The molecule has 1 fully saturated rings. The van der Waals surface area contributed by atoms with Crippen LogP contribution in [0.4, 0.5) is 14.5 Å². The predicted octanol–water partition coefficient (Wildman–Crippen LogP) is 2.22. The standard InChI is InChI=1S/C19H20F2N4O3/c20-12-4-3-5-13(21)15(12)23-18(26)17-22-16(14-6-1-2-7-25(14)17)19(27)24-8-10-28-11-9-24/h3-5H,1-2,6-11H2,(H,23,26). The number of amides is 2. The molecule has 9 heteroatoms. The number of fused-ring (bicyclic) bond motifs is 1. The van der Waals surface area contributed by atoms with Crippen molar-refractivity contribution in [2.75, 3.05) is 31.6 Å². The van der Waals surface area contributed by atoms with Crippen molar-refractivity contribution >= 4 is 17.5 Å². The van der Waals surface area contributed by atoms with E-state index in [1.807, 2.05) is 0 Å². The summed E-state index contributed by atoms with van der Waals surface area (Å²) in [6.07, 6.45) is 2.35. The lowest BCUT2D eigenvalue weighted by molar-refractivity contribution is 0.0298. The normalized spacial score (nSPS) is 16.6. The molecule has 0 aliphatic carbocycles. The molecule has 0 unspecified atom stereocenters. The van der Waals surface area contributed by atoms with Gasteiger partial charge in [-0.3, -0.25) is 9.59 Å². The molecule has 0 bridgehead atoms. The number of halogens is 2. The SMILES string of the molecule is O=C(Nc1c(F)cccc1F)c1nc(C(=O)N2CCOCC2)c2n1CCCC2. The number of benzene rings is 1. The van der Waals surface area contributed by atoms with E-state index in [0.29, 0.717) is 45.0 Å². The second-order valence-electron chi connectivity index (χ2n) is 6.79. The van der Waals surface area contributed by atoms with E-state index in [1.54, 1.807) is 9.47 Å². The Bertz CT molecular complexity index is 902. The Hall–Kier alpha value is -2.81. The molecule has 148 valence electrons. The Morgan fingerprint density at radius 1 is 1.07 bits per heavy atom. The molecule has 2 aliphatic heterocycles. The summed E-state index contributed by atoms with van der Waals surface area (Å²) in [5, 5.41) is 2.26. The van der Waals surface area contributed by atoms with Crippen LogP contribution in [0, 0.1) is 11.6 Å². The van der Waals surface area contributed by atoms with Gasteiger partial charge in [0.05, 0.1) is 18.9 Å². The van der Waals surface area contributed by atoms with Crippen molar-refractivity contribution in [2.24, 2.45) is 0 Å². The maximum atomic E-state index is 13.9. The van der Waals surface area contributed by atoms with Crippen molar-refractivity contribution in [2.45, 2.75) is 25.8 Å². The number of rotatable bonds is 3. The van der Waals surface area contributed by atoms with Gasteiger partial charge >= 0.3 is 0 Å². The largest absolute Gasteiger partial charge is 0.378 e. The zero-order valence-electron chi connectivity index (χ0n) is 15.2. The van der Waals surface area contributed by atoms with E-state index < -0.39 is 23.2 Å². The molecule has 0 radical (unpaired) electrons. The lowest BCUT2D eigenvalue weighted by Crippen LogP contribution is -2.41. The zero-order valence-corrected chi connectivity index (χ0v) is 15.2. The van der Waals surface area contributed by atoms with Crippen LogP contribution >= 0.6 is 0 Å². The van der Waals surface area contributed by atoms with Gasteiger partial charge in [0, 0.05) is 19.6 Å². The van der Waals surface area contributed by atoms with E-state index in [9.17, 15) is 18.4 Å². The number of aromatic nitrogens is 2.